The molecular weight excluding hydrogens is 140 g/mol. The third-order valence-electron chi connectivity index (χ3n) is 1.98. The highest BCUT2D eigenvalue weighted by Gasteiger charge is 2.29. The van der Waals surface area contributed by atoms with Gasteiger partial charge < -0.3 is 0 Å². The Morgan fingerprint density at radius 3 is 3.10 bits per heavy atom. The zero-order valence-electron chi connectivity index (χ0n) is 6.05. The summed E-state index contributed by atoms with van der Waals surface area (Å²) in [5.41, 5.74) is 0. The van der Waals surface area contributed by atoms with E-state index in [4.69, 9.17) is 0 Å². The third-order valence-corrected chi connectivity index (χ3v) is 3.22. The molecule has 2 rings (SSSR count). The van der Waals surface area contributed by atoms with Gasteiger partial charge in [-0.3, -0.25) is 0 Å². The molecule has 1 atom stereocenters. The van der Waals surface area contributed by atoms with E-state index in [9.17, 15) is 0 Å². The first-order valence-corrected chi connectivity index (χ1v) is 4.86. The van der Waals surface area contributed by atoms with Crippen LogP contribution in [0.3, 0.4) is 0 Å². The van der Waals surface area contributed by atoms with Crippen LogP contribution >= 0.6 is 11.8 Å². The highest BCUT2D eigenvalue weighted by Crippen LogP contribution is 2.49. The molecule has 0 nitrogen and oxygen atoms in total. The lowest BCUT2D eigenvalue weighted by molar-refractivity contribution is 0.909. The number of rotatable bonds is 0. The molecule has 1 fully saturated rings. The molecule has 54 valence electrons. The van der Waals surface area contributed by atoms with E-state index in [1.165, 1.54) is 25.7 Å². The number of hydrogen-bond donors (Lipinski definition) is 0. The Hall–Kier alpha value is -0.170. The van der Waals surface area contributed by atoms with E-state index in [2.05, 4.69) is 30.0 Å². The minimum Gasteiger partial charge on any atom is -0.121 e. The Bertz CT molecular complexity index is 179. The fourth-order valence-electron chi connectivity index (χ4n) is 1.32. The lowest BCUT2D eigenvalue weighted by atomic mass is 10.2. The van der Waals surface area contributed by atoms with Crippen molar-refractivity contribution in [3.05, 3.63) is 23.1 Å². The Morgan fingerprint density at radius 1 is 1.20 bits per heavy atom. The summed E-state index contributed by atoms with van der Waals surface area (Å²) in [5.74, 6) is 0. The van der Waals surface area contributed by atoms with Crippen molar-refractivity contribution in [2.75, 3.05) is 0 Å². The molecular formula is C9H12S. The molecule has 1 unspecified atom stereocenters. The van der Waals surface area contributed by atoms with E-state index in [0.717, 1.165) is 5.25 Å². The maximum absolute atomic E-state index is 2.41. The minimum absolute atomic E-state index is 0.905. The second-order valence-corrected chi connectivity index (χ2v) is 4.12. The summed E-state index contributed by atoms with van der Waals surface area (Å²) < 4.78 is 0. The van der Waals surface area contributed by atoms with Gasteiger partial charge in [0.25, 0.3) is 0 Å². The van der Waals surface area contributed by atoms with Crippen molar-refractivity contribution in [3.8, 4) is 0 Å². The van der Waals surface area contributed by atoms with E-state index in [1.807, 2.05) is 0 Å². The second kappa shape index (κ2) is 2.83. The summed E-state index contributed by atoms with van der Waals surface area (Å²) in [6, 6.07) is 0. The maximum Gasteiger partial charge on any atom is 0.0401 e. The number of thioether (sulfide) groups is 1. The van der Waals surface area contributed by atoms with Crippen LogP contribution in [0, 0.1) is 0 Å². The molecule has 0 aromatic carbocycles. The number of hydrogen-bond acceptors (Lipinski definition) is 1. The van der Waals surface area contributed by atoms with Crippen LogP contribution in [-0.4, -0.2) is 5.25 Å². The molecule has 10 heavy (non-hydrogen) atoms. The van der Waals surface area contributed by atoms with Gasteiger partial charge in [0.2, 0.25) is 0 Å². The van der Waals surface area contributed by atoms with Crippen molar-refractivity contribution in [1.82, 2.24) is 0 Å². The summed E-state index contributed by atoms with van der Waals surface area (Å²) in [6.45, 7) is 0. The second-order valence-electron chi connectivity index (χ2n) is 2.84. The molecule has 0 saturated carbocycles. The molecule has 2 aliphatic rings. The molecule has 0 N–H and O–H groups in total. The van der Waals surface area contributed by atoms with E-state index in [0.29, 0.717) is 0 Å². The summed E-state index contributed by atoms with van der Waals surface area (Å²) in [7, 11) is 0. The van der Waals surface area contributed by atoms with Crippen LogP contribution in [0.5, 0.6) is 0 Å². The Kier molecular flexibility index (Phi) is 1.85. The number of allylic oxidation sites excluding steroid dienone is 3. The summed E-state index contributed by atoms with van der Waals surface area (Å²) in [5, 5.41) is 0.905. The average Bonchev–Trinajstić information content (AvgIpc) is 2.66. The van der Waals surface area contributed by atoms with Crippen LogP contribution in [0.1, 0.15) is 25.7 Å². The lowest BCUT2D eigenvalue weighted by Gasteiger charge is -1.86. The molecule has 1 aliphatic heterocycles. The van der Waals surface area contributed by atoms with E-state index >= 15 is 0 Å². The molecule has 0 amide bonds. The fourth-order valence-corrected chi connectivity index (χ4v) is 2.26. The molecule has 0 spiro atoms. The monoisotopic (exact) mass is 152 g/mol. The predicted molar refractivity (Wildman–Crippen MR) is 47.1 cm³/mol. The van der Waals surface area contributed by atoms with Gasteiger partial charge in [0.15, 0.2) is 0 Å². The van der Waals surface area contributed by atoms with E-state index in [1.54, 1.807) is 4.91 Å². The molecule has 1 saturated heterocycles. The summed E-state index contributed by atoms with van der Waals surface area (Å²) in [6.07, 6.45) is 12.2. The van der Waals surface area contributed by atoms with Crippen molar-refractivity contribution in [1.29, 1.82) is 0 Å². The molecule has 0 aromatic rings. The summed E-state index contributed by atoms with van der Waals surface area (Å²) in [4.78, 5) is 1.66. The minimum atomic E-state index is 0.905. The fraction of sp³-hybridized carbons (Fsp3) is 0.556. The van der Waals surface area contributed by atoms with E-state index < -0.39 is 0 Å². The largest absolute Gasteiger partial charge is 0.121 e. The van der Waals surface area contributed by atoms with Gasteiger partial charge in [0.1, 0.15) is 0 Å². The zero-order chi connectivity index (χ0) is 6.81. The Balaban J connectivity index is 1.98. The van der Waals surface area contributed by atoms with Gasteiger partial charge in [0.05, 0.1) is 0 Å². The van der Waals surface area contributed by atoms with Gasteiger partial charge in [-0.1, -0.05) is 18.2 Å². The molecule has 0 radical (unpaired) electrons. The van der Waals surface area contributed by atoms with Crippen LogP contribution < -0.4 is 0 Å². The summed E-state index contributed by atoms with van der Waals surface area (Å²) >= 11 is 2.06. The smallest absolute Gasteiger partial charge is 0.0401 e. The Labute approximate surface area is 66.4 Å². The van der Waals surface area contributed by atoms with Crippen LogP contribution in [-0.2, 0) is 0 Å². The highest BCUT2D eigenvalue weighted by molar-refractivity contribution is 8.11. The Morgan fingerprint density at radius 2 is 2.10 bits per heavy atom. The lowest BCUT2D eigenvalue weighted by Crippen LogP contribution is -1.77. The van der Waals surface area contributed by atoms with Crippen molar-refractivity contribution in [2.24, 2.45) is 0 Å². The zero-order valence-corrected chi connectivity index (χ0v) is 6.86. The van der Waals surface area contributed by atoms with Crippen LogP contribution in [0.15, 0.2) is 23.1 Å². The topological polar surface area (TPSA) is 0 Å². The van der Waals surface area contributed by atoms with Crippen molar-refractivity contribution in [3.63, 3.8) is 0 Å². The van der Waals surface area contributed by atoms with Crippen LogP contribution in [0.2, 0.25) is 0 Å². The van der Waals surface area contributed by atoms with E-state index in [-0.39, 0.29) is 0 Å². The maximum atomic E-state index is 2.41. The highest BCUT2D eigenvalue weighted by atomic mass is 32.2. The number of fused-ring (bicyclic) bond motifs is 1. The first-order valence-electron chi connectivity index (χ1n) is 3.98. The average molecular weight is 152 g/mol. The van der Waals surface area contributed by atoms with Crippen molar-refractivity contribution < 1.29 is 0 Å². The SMILES string of the molecule is C1=C\CCC2S/C2=C/CC/1. The van der Waals surface area contributed by atoms with Crippen molar-refractivity contribution >= 4 is 11.8 Å². The van der Waals surface area contributed by atoms with Gasteiger partial charge in [0, 0.05) is 5.25 Å². The molecule has 1 heteroatoms. The first-order chi connectivity index (χ1) is 4.97. The van der Waals surface area contributed by atoms with Gasteiger partial charge >= 0.3 is 0 Å². The molecule has 0 aromatic heterocycles. The molecule has 0 bridgehead atoms. The van der Waals surface area contributed by atoms with Crippen LogP contribution in [0.4, 0.5) is 0 Å². The third kappa shape index (κ3) is 1.46. The van der Waals surface area contributed by atoms with Gasteiger partial charge in [-0.05, 0) is 30.6 Å². The van der Waals surface area contributed by atoms with Gasteiger partial charge in [-0.15, -0.1) is 11.8 Å². The predicted octanol–water partition coefficient (Wildman–Crippen LogP) is 3.12. The quantitative estimate of drug-likeness (QED) is 0.379. The standard InChI is InChI=1S/C9H12S/c1-2-4-6-8-9(10-8)7-5-3-1/h1-2,7-8H,3-6H2/b2-1-,9-7+. The molecule has 1 aliphatic carbocycles. The van der Waals surface area contributed by atoms with Crippen LogP contribution in [0.25, 0.3) is 0 Å². The normalized spacial score (nSPS) is 39.6. The van der Waals surface area contributed by atoms with Gasteiger partial charge in [-0.2, -0.15) is 0 Å². The first kappa shape index (κ1) is 6.53. The van der Waals surface area contributed by atoms with Gasteiger partial charge in [-0.25, -0.2) is 0 Å². The van der Waals surface area contributed by atoms with Crippen molar-refractivity contribution in [2.45, 2.75) is 30.9 Å². The molecule has 1 heterocycles.